The lowest BCUT2D eigenvalue weighted by Crippen LogP contribution is -2.48. The molecule has 0 fully saturated rings. The Morgan fingerprint density at radius 3 is 2.28 bits per heavy atom. The number of benzene rings is 2. The van der Waals surface area contributed by atoms with Gasteiger partial charge in [-0.2, -0.15) is 0 Å². The fourth-order valence-corrected chi connectivity index (χ4v) is 5.14. The SMILES string of the molecule is CC(C)CNC(=O)C(C)N(Cc1cccc(Cl)c1)C(=O)CCCN(c1cc(Cl)ccc1Cl)S(C)(=O)=O. The first-order chi connectivity index (χ1) is 16.8. The van der Waals surface area contributed by atoms with Gasteiger partial charge in [-0.15, -0.1) is 0 Å². The number of carbonyl (C=O) groups is 2. The Labute approximate surface area is 228 Å². The molecule has 0 aliphatic heterocycles. The average Bonchev–Trinajstić information content (AvgIpc) is 2.79. The first kappa shape index (κ1) is 30.2. The van der Waals surface area contributed by atoms with Gasteiger partial charge in [0, 0.05) is 36.1 Å². The van der Waals surface area contributed by atoms with Crippen molar-refractivity contribution >= 4 is 62.3 Å². The Bertz CT molecular complexity index is 1170. The van der Waals surface area contributed by atoms with Gasteiger partial charge in [-0.25, -0.2) is 8.42 Å². The third-order valence-electron chi connectivity index (χ3n) is 5.42. The molecule has 1 atom stereocenters. The van der Waals surface area contributed by atoms with Crippen LogP contribution in [0.2, 0.25) is 15.1 Å². The number of rotatable bonds is 12. The predicted molar refractivity (Wildman–Crippen MR) is 147 cm³/mol. The van der Waals surface area contributed by atoms with Crippen LogP contribution in [0, 0.1) is 5.92 Å². The van der Waals surface area contributed by atoms with Crippen molar-refractivity contribution in [2.75, 3.05) is 23.7 Å². The van der Waals surface area contributed by atoms with Crippen LogP contribution in [0.4, 0.5) is 5.69 Å². The molecule has 1 unspecified atom stereocenters. The Morgan fingerprint density at radius 2 is 1.67 bits per heavy atom. The molecule has 198 valence electrons. The van der Waals surface area contributed by atoms with E-state index in [2.05, 4.69) is 5.32 Å². The number of sulfonamides is 1. The maximum atomic E-state index is 13.3. The van der Waals surface area contributed by atoms with Crippen LogP contribution in [0.3, 0.4) is 0 Å². The van der Waals surface area contributed by atoms with Crippen molar-refractivity contribution in [1.82, 2.24) is 10.2 Å². The molecule has 0 saturated carbocycles. The van der Waals surface area contributed by atoms with Gasteiger partial charge < -0.3 is 10.2 Å². The van der Waals surface area contributed by atoms with E-state index in [9.17, 15) is 18.0 Å². The molecule has 0 aliphatic carbocycles. The van der Waals surface area contributed by atoms with E-state index in [4.69, 9.17) is 34.8 Å². The molecule has 2 aromatic rings. The fourth-order valence-electron chi connectivity index (χ4n) is 3.53. The largest absolute Gasteiger partial charge is 0.354 e. The van der Waals surface area contributed by atoms with E-state index < -0.39 is 16.1 Å². The van der Waals surface area contributed by atoms with Crippen molar-refractivity contribution < 1.29 is 18.0 Å². The molecular formula is C25H32Cl3N3O4S. The van der Waals surface area contributed by atoms with Crippen molar-refractivity contribution in [1.29, 1.82) is 0 Å². The number of nitrogens with zero attached hydrogens (tertiary/aromatic N) is 2. The zero-order valence-corrected chi connectivity index (χ0v) is 23.9. The van der Waals surface area contributed by atoms with E-state index in [0.29, 0.717) is 16.6 Å². The minimum atomic E-state index is -3.69. The molecule has 0 bridgehead atoms. The Balaban J connectivity index is 2.19. The van der Waals surface area contributed by atoms with Gasteiger partial charge >= 0.3 is 0 Å². The molecule has 11 heteroatoms. The number of amides is 2. The third-order valence-corrected chi connectivity index (χ3v) is 7.39. The molecule has 0 aromatic heterocycles. The smallest absolute Gasteiger partial charge is 0.242 e. The molecule has 0 radical (unpaired) electrons. The van der Waals surface area contributed by atoms with Crippen molar-refractivity contribution in [3.63, 3.8) is 0 Å². The zero-order valence-electron chi connectivity index (χ0n) is 20.8. The highest BCUT2D eigenvalue weighted by atomic mass is 35.5. The standard InChI is InChI=1S/C25H32Cl3N3O4S/c1-17(2)15-29-25(33)18(3)30(16-19-7-5-8-20(26)13-19)24(32)9-6-12-31(36(4,34)35)23-14-21(27)10-11-22(23)28/h5,7-8,10-11,13-14,17-18H,6,9,12,15-16H2,1-4H3,(H,29,33). The summed E-state index contributed by atoms with van der Waals surface area (Å²) in [6.45, 7) is 6.34. The highest BCUT2D eigenvalue weighted by Gasteiger charge is 2.27. The van der Waals surface area contributed by atoms with Crippen molar-refractivity contribution in [2.24, 2.45) is 5.92 Å². The highest BCUT2D eigenvalue weighted by molar-refractivity contribution is 7.92. The Morgan fingerprint density at radius 1 is 1.00 bits per heavy atom. The lowest BCUT2D eigenvalue weighted by molar-refractivity contribution is -0.140. The number of nitrogens with one attached hydrogen (secondary N) is 1. The molecular weight excluding hydrogens is 545 g/mol. The highest BCUT2D eigenvalue weighted by Crippen LogP contribution is 2.31. The Kier molecular flexibility index (Phi) is 11.3. The summed E-state index contributed by atoms with van der Waals surface area (Å²) in [6.07, 6.45) is 1.30. The second kappa shape index (κ2) is 13.5. The van der Waals surface area contributed by atoms with Gasteiger partial charge in [0.2, 0.25) is 21.8 Å². The number of halogens is 3. The van der Waals surface area contributed by atoms with Crippen LogP contribution in [0.15, 0.2) is 42.5 Å². The van der Waals surface area contributed by atoms with E-state index in [1.54, 1.807) is 31.2 Å². The molecule has 1 N–H and O–H groups in total. The van der Waals surface area contributed by atoms with Crippen LogP contribution in [0.5, 0.6) is 0 Å². The summed E-state index contributed by atoms with van der Waals surface area (Å²) in [7, 11) is -3.69. The summed E-state index contributed by atoms with van der Waals surface area (Å²) in [5.41, 5.74) is 1.03. The number of carbonyl (C=O) groups excluding carboxylic acids is 2. The monoisotopic (exact) mass is 575 g/mol. The van der Waals surface area contributed by atoms with Gasteiger partial charge in [0.15, 0.2) is 0 Å². The molecule has 7 nitrogen and oxygen atoms in total. The van der Waals surface area contributed by atoms with Gasteiger partial charge in [-0.3, -0.25) is 13.9 Å². The van der Waals surface area contributed by atoms with Gasteiger partial charge in [-0.1, -0.05) is 60.8 Å². The lowest BCUT2D eigenvalue weighted by atomic mass is 10.1. The summed E-state index contributed by atoms with van der Waals surface area (Å²) >= 11 is 18.4. The predicted octanol–water partition coefficient (Wildman–Crippen LogP) is 5.38. The molecule has 0 spiro atoms. The van der Waals surface area contributed by atoms with Crippen LogP contribution in [0.25, 0.3) is 0 Å². The van der Waals surface area contributed by atoms with Crippen LogP contribution >= 0.6 is 34.8 Å². The van der Waals surface area contributed by atoms with E-state index in [1.807, 2.05) is 19.9 Å². The fraction of sp³-hybridized carbons (Fsp3) is 0.440. The van der Waals surface area contributed by atoms with Crippen LogP contribution in [0.1, 0.15) is 39.2 Å². The number of hydrogen-bond acceptors (Lipinski definition) is 4. The van der Waals surface area contributed by atoms with E-state index >= 15 is 0 Å². The first-order valence-electron chi connectivity index (χ1n) is 11.5. The third kappa shape index (κ3) is 9.14. The maximum absolute atomic E-state index is 13.3. The zero-order chi connectivity index (χ0) is 27.0. The minimum Gasteiger partial charge on any atom is -0.354 e. The van der Waals surface area contributed by atoms with Crippen molar-refractivity contribution in [2.45, 2.75) is 46.2 Å². The van der Waals surface area contributed by atoms with Crippen LogP contribution < -0.4 is 9.62 Å². The maximum Gasteiger partial charge on any atom is 0.242 e. The van der Waals surface area contributed by atoms with E-state index in [1.165, 1.54) is 17.0 Å². The molecule has 0 heterocycles. The second-order valence-corrected chi connectivity index (χ2v) is 12.2. The number of anilines is 1. The van der Waals surface area contributed by atoms with E-state index in [-0.39, 0.29) is 54.4 Å². The summed E-state index contributed by atoms with van der Waals surface area (Å²) in [5.74, 6) is -0.283. The molecule has 2 amide bonds. The van der Waals surface area contributed by atoms with Crippen LogP contribution in [-0.4, -0.2) is 50.5 Å². The first-order valence-corrected chi connectivity index (χ1v) is 14.5. The van der Waals surface area contributed by atoms with Crippen LogP contribution in [-0.2, 0) is 26.2 Å². The molecule has 0 aliphatic rings. The molecule has 2 rings (SSSR count). The van der Waals surface area contributed by atoms with Gasteiger partial charge in [-0.05, 0) is 55.2 Å². The minimum absolute atomic E-state index is 0.0174. The summed E-state index contributed by atoms with van der Waals surface area (Å²) < 4.78 is 26.1. The summed E-state index contributed by atoms with van der Waals surface area (Å²) in [6, 6.07) is 10.9. The van der Waals surface area contributed by atoms with Crippen molar-refractivity contribution in [3.05, 3.63) is 63.1 Å². The molecule has 2 aromatic carbocycles. The molecule has 36 heavy (non-hydrogen) atoms. The normalized spacial score (nSPS) is 12.3. The van der Waals surface area contributed by atoms with Gasteiger partial charge in [0.1, 0.15) is 6.04 Å². The van der Waals surface area contributed by atoms with Gasteiger partial charge in [0.05, 0.1) is 17.0 Å². The quantitative estimate of drug-likeness (QED) is 0.367. The average molecular weight is 577 g/mol. The second-order valence-electron chi connectivity index (χ2n) is 9.00. The lowest BCUT2D eigenvalue weighted by Gasteiger charge is -2.30. The topological polar surface area (TPSA) is 86.8 Å². The molecule has 0 saturated heterocycles. The summed E-state index contributed by atoms with van der Waals surface area (Å²) in [5, 5.41) is 3.97. The van der Waals surface area contributed by atoms with Crippen molar-refractivity contribution in [3.8, 4) is 0 Å². The van der Waals surface area contributed by atoms with Gasteiger partial charge in [0.25, 0.3) is 0 Å². The Hall–Kier alpha value is -2.00. The van der Waals surface area contributed by atoms with E-state index in [0.717, 1.165) is 16.1 Å². The summed E-state index contributed by atoms with van der Waals surface area (Å²) in [4.78, 5) is 27.6. The number of hydrogen-bond donors (Lipinski definition) is 1.